The van der Waals surface area contributed by atoms with Crippen LogP contribution in [0.15, 0.2) is 10.9 Å². The highest BCUT2D eigenvalue weighted by Crippen LogP contribution is 2.21. The van der Waals surface area contributed by atoms with Crippen LogP contribution >= 0.6 is 11.3 Å². The zero-order chi connectivity index (χ0) is 14.2. The molecular weight excluding hydrogens is 268 g/mol. The Balaban J connectivity index is 2.48. The van der Waals surface area contributed by atoms with E-state index in [9.17, 15) is 9.59 Å². The number of hydrogen-bond acceptors (Lipinski definition) is 6. The van der Waals surface area contributed by atoms with Crippen molar-refractivity contribution in [2.45, 2.75) is 19.8 Å². The minimum Gasteiger partial charge on any atom is -0.480 e. The number of aliphatic carboxylic acids is 1. The zero-order valence-electron chi connectivity index (χ0n) is 10.8. The van der Waals surface area contributed by atoms with Crippen molar-refractivity contribution >= 4 is 27.4 Å². The van der Waals surface area contributed by atoms with Crippen molar-refractivity contribution in [3.8, 4) is 0 Å². The summed E-state index contributed by atoms with van der Waals surface area (Å²) in [6.45, 7) is 3.74. The second-order valence-corrected chi connectivity index (χ2v) is 5.44. The number of likely N-dealkylation sites (N-methyl/N-ethyl adjacent to an activating group) is 1. The minimum absolute atomic E-state index is 0.153. The van der Waals surface area contributed by atoms with Crippen molar-refractivity contribution in [2.75, 3.05) is 18.5 Å². The average molecular weight is 282 g/mol. The lowest BCUT2D eigenvalue weighted by Crippen LogP contribution is -2.25. The molecule has 0 saturated carbocycles. The summed E-state index contributed by atoms with van der Waals surface area (Å²) in [6.07, 6.45) is 0. The van der Waals surface area contributed by atoms with Crippen LogP contribution in [0.4, 0.5) is 5.13 Å². The van der Waals surface area contributed by atoms with E-state index in [1.54, 1.807) is 7.05 Å². The molecule has 0 spiro atoms. The first-order valence-electron chi connectivity index (χ1n) is 5.72. The maximum absolute atomic E-state index is 11.9. The number of anilines is 1. The molecule has 0 fully saturated rings. The van der Waals surface area contributed by atoms with Gasteiger partial charge in [0.1, 0.15) is 6.54 Å². The van der Waals surface area contributed by atoms with Crippen molar-refractivity contribution in [2.24, 2.45) is 0 Å². The standard InChI is InChI=1S/C11H14N4O3S/c1-6(2)7-4-8(16)15-10(12-7)19-11(13-15)14(3)5-9(17)18/h4,6H,5H2,1-3H3,(H,17,18). The van der Waals surface area contributed by atoms with E-state index in [-0.39, 0.29) is 18.0 Å². The van der Waals surface area contributed by atoms with Gasteiger partial charge in [0.15, 0.2) is 0 Å². The fourth-order valence-electron chi connectivity index (χ4n) is 1.54. The Hall–Kier alpha value is -1.96. The summed E-state index contributed by atoms with van der Waals surface area (Å²) in [7, 11) is 1.61. The second kappa shape index (κ2) is 4.96. The maximum atomic E-state index is 11.9. The van der Waals surface area contributed by atoms with Crippen LogP contribution in [-0.4, -0.2) is 39.3 Å². The Kier molecular flexibility index (Phi) is 3.52. The maximum Gasteiger partial charge on any atom is 0.323 e. The Morgan fingerprint density at radius 1 is 1.58 bits per heavy atom. The fourth-order valence-corrected chi connectivity index (χ4v) is 2.41. The summed E-state index contributed by atoms with van der Waals surface area (Å²) >= 11 is 1.20. The zero-order valence-corrected chi connectivity index (χ0v) is 11.6. The lowest BCUT2D eigenvalue weighted by atomic mass is 10.1. The van der Waals surface area contributed by atoms with E-state index in [0.29, 0.717) is 15.8 Å². The van der Waals surface area contributed by atoms with Crippen molar-refractivity contribution in [3.63, 3.8) is 0 Å². The highest BCUT2D eigenvalue weighted by Gasteiger charge is 2.14. The van der Waals surface area contributed by atoms with Gasteiger partial charge in [0.2, 0.25) is 10.1 Å². The minimum atomic E-state index is -0.954. The SMILES string of the molecule is CC(C)c1cc(=O)n2nc(N(C)CC(=O)O)sc2n1. The second-order valence-electron chi connectivity index (χ2n) is 4.50. The summed E-state index contributed by atoms with van der Waals surface area (Å²) in [5.41, 5.74) is 0.459. The van der Waals surface area contributed by atoms with Crippen LogP contribution in [-0.2, 0) is 4.79 Å². The smallest absolute Gasteiger partial charge is 0.323 e. The van der Waals surface area contributed by atoms with Gasteiger partial charge in [0.25, 0.3) is 5.56 Å². The van der Waals surface area contributed by atoms with Gasteiger partial charge in [-0.3, -0.25) is 9.59 Å². The Morgan fingerprint density at radius 2 is 2.26 bits per heavy atom. The first-order chi connectivity index (χ1) is 8.88. The van der Waals surface area contributed by atoms with Crippen LogP contribution in [0.1, 0.15) is 25.5 Å². The third-order valence-corrected chi connectivity index (χ3v) is 3.57. The molecule has 2 heterocycles. The van der Waals surface area contributed by atoms with Crippen LogP contribution in [0, 0.1) is 0 Å². The van der Waals surface area contributed by atoms with Gasteiger partial charge < -0.3 is 10.0 Å². The summed E-state index contributed by atoms with van der Waals surface area (Å²) in [4.78, 5) is 28.9. The molecule has 0 bridgehead atoms. The first-order valence-corrected chi connectivity index (χ1v) is 6.54. The van der Waals surface area contributed by atoms with E-state index in [0.717, 1.165) is 0 Å². The van der Waals surface area contributed by atoms with Crippen molar-refractivity contribution in [3.05, 3.63) is 22.1 Å². The van der Waals surface area contributed by atoms with Crippen LogP contribution in [0.2, 0.25) is 0 Å². The van der Waals surface area contributed by atoms with E-state index in [1.807, 2.05) is 13.8 Å². The number of carboxylic acids is 1. The molecule has 0 aromatic carbocycles. The first kappa shape index (κ1) is 13.5. The molecule has 2 aromatic rings. The van der Waals surface area contributed by atoms with Crippen molar-refractivity contribution in [1.82, 2.24) is 14.6 Å². The van der Waals surface area contributed by atoms with Gasteiger partial charge in [-0.15, -0.1) is 5.10 Å². The topological polar surface area (TPSA) is 87.8 Å². The fraction of sp³-hybridized carbons (Fsp3) is 0.455. The van der Waals surface area contributed by atoms with Gasteiger partial charge in [-0.05, 0) is 5.92 Å². The molecule has 2 aromatic heterocycles. The average Bonchev–Trinajstić information content (AvgIpc) is 2.72. The number of carbonyl (C=O) groups is 1. The highest BCUT2D eigenvalue weighted by atomic mass is 32.1. The van der Waals surface area contributed by atoms with E-state index in [4.69, 9.17) is 5.11 Å². The van der Waals surface area contributed by atoms with Gasteiger partial charge in [-0.2, -0.15) is 4.52 Å². The Labute approximate surface area is 113 Å². The summed E-state index contributed by atoms with van der Waals surface area (Å²) < 4.78 is 1.20. The number of rotatable bonds is 4. The van der Waals surface area contributed by atoms with Crippen LogP contribution in [0.25, 0.3) is 4.96 Å². The van der Waals surface area contributed by atoms with Gasteiger partial charge >= 0.3 is 5.97 Å². The lowest BCUT2D eigenvalue weighted by Gasteiger charge is -2.10. The highest BCUT2D eigenvalue weighted by molar-refractivity contribution is 7.20. The van der Waals surface area contributed by atoms with E-state index >= 15 is 0 Å². The Morgan fingerprint density at radius 3 is 2.84 bits per heavy atom. The monoisotopic (exact) mass is 282 g/mol. The summed E-state index contributed by atoms with van der Waals surface area (Å²) in [5, 5.41) is 13.3. The quantitative estimate of drug-likeness (QED) is 0.892. The summed E-state index contributed by atoms with van der Waals surface area (Å²) in [6, 6.07) is 1.46. The largest absolute Gasteiger partial charge is 0.480 e. The molecule has 0 aliphatic carbocycles. The molecule has 19 heavy (non-hydrogen) atoms. The van der Waals surface area contributed by atoms with Crippen LogP contribution < -0.4 is 10.5 Å². The summed E-state index contributed by atoms with van der Waals surface area (Å²) in [5.74, 6) is -0.801. The molecule has 0 unspecified atom stereocenters. The number of carboxylic acid groups (broad SMARTS) is 1. The number of nitrogens with zero attached hydrogens (tertiary/aromatic N) is 4. The molecule has 7 nitrogen and oxygen atoms in total. The van der Waals surface area contributed by atoms with Gasteiger partial charge in [0.05, 0.1) is 5.69 Å². The van der Waals surface area contributed by atoms with E-state index in [1.165, 1.54) is 26.8 Å². The van der Waals surface area contributed by atoms with E-state index in [2.05, 4.69) is 10.1 Å². The predicted molar refractivity (Wildman–Crippen MR) is 72.1 cm³/mol. The Bertz CT molecular complexity index is 676. The van der Waals surface area contributed by atoms with Gasteiger partial charge in [0, 0.05) is 13.1 Å². The van der Waals surface area contributed by atoms with Crippen molar-refractivity contribution in [1.29, 1.82) is 0 Å². The molecular formula is C11H14N4O3S. The normalized spacial score (nSPS) is 11.2. The molecule has 2 rings (SSSR count). The number of hydrogen-bond donors (Lipinski definition) is 1. The van der Waals surface area contributed by atoms with Crippen molar-refractivity contribution < 1.29 is 9.90 Å². The molecule has 0 radical (unpaired) electrons. The lowest BCUT2D eigenvalue weighted by molar-refractivity contribution is -0.135. The van der Waals surface area contributed by atoms with Crippen LogP contribution in [0.5, 0.6) is 0 Å². The molecule has 8 heteroatoms. The third-order valence-electron chi connectivity index (χ3n) is 2.54. The number of fused-ring (bicyclic) bond motifs is 1. The van der Waals surface area contributed by atoms with Crippen LogP contribution in [0.3, 0.4) is 0 Å². The third kappa shape index (κ3) is 2.73. The molecule has 0 atom stereocenters. The molecule has 0 saturated heterocycles. The number of aromatic nitrogens is 3. The molecule has 0 amide bonds. The predicted octanol–water partition coefficient (Wildman–Crippen LogP) is 0.795. The van der Waals surface area contributed by atoms with Gasteiger partial charge in [-0.25, -0.2) is 4.98 Å². The van der Waals surface area contributed by atoms with Gasteiger partial charge in [-0.1, -0.05) is 25.2 Å². The molecule has 1 N–H and O–H groups in total. The molecule has 102 valence electrons. The molecule has 0 aliphatic rings. The van der Waals surface area contributed by atoms with E-state index < -0.39 is 5.97 Å². The molecule has 0 aliphatic heterocycles.